The third kappa shape index (κ3) is 5.35. The molecule has 0 aliphatic heterocycles. The van der Waals surface area contributed by atoms with E-state index in [9.17, 15) is 9.90 Å². The highest BCUT2D eigenvalue weighted by atomic mass is 16.5. The number of carbonyl (C=O) groups excluding carboxylic acids is 1. The van der Waals surface area contributed by atoms with Crippen molar-refractivity contribution in [3.8, 4) is 5.75 Å². The number of Topliss-reactive ketones (excluding diaryl/α,β-unsaturated/α-hetero) is 1. The molecule has 7 heteroatoms. The molecule has 0 saturated heterocycles. The van der Waals surface area contributed by atoms with Crippen LogP contribution in [-0.2, 0) is 19.9 Å². The lowest BCUT2D eigenvalue weighted by atomic mass is 9.94. The van der Waals surface area contributed by atoms with E-state index in [-0.39, 0.29) is 30.3 Å². The quantitative estimate of drug-likeness (QED) is 0.563. The van der Waals surface area contributed by atoms with Gasteiger partial charge in [0, 0.05) is 38.6 Å². The fourth-order valence-corrected chi connectivity index (χ4v) is 4.02. The van der Waals surface area contributed by atoms with Gasteiger partial charge in [-0.05, 0) is 36.0 Å². The van der Waals surface area contributed by atoms with Crippen LogP contribution < -0.4 is 4.74 Å². The third-order valence-electron chi connectivity index (χ3n) is 5.86. The molecular formula is C24H28N4O3. The number of aromatic nitrogens is 4. The predicted octanol–water partition coefficient (Wildman–Crippen LogP) is 3.27. The van der Waals surface area contributed by atoms with Crippen LogP contribution in [0.5, 0.6) is 5.75 Å². The Morgan fingerprint density at radius 2 is 2.16 bits per heavy atom. The molecule has 0 unspecified atom stereocenters. The fourth-order valence-electron chi connectivity index (χ4n) is 4.02. The Bertz CT molecular complexity index is 1050. The lowest BCUT2D eigenvalue weighted by molar-refractivity contribution is 0.0986. The van der Waals surface area contributed by atoms with Gasteiger partial charge in [-0.1, -0.05) is 31.2 Å². The van der Waals surface area contributed by atoms with E-state index in [1.165, 1.54) is 0 Å². The van der Waals surface area contributed by atoms with E-state index >= 15 is 0 Å². The highest BCUT2D eigenvalue weighted by Gasteiger charge is 2.24. The molecule has 0 spiro atoms. The van der Waals surface area contributed by atoms with Crippen molar-refractivity contribution in [3.05, 3.63) is 71.6 Å². The van der Waals surface area contributed by atoms with Crippen LogP contribution in [0, 0.1) is 0 Å². The summed E-state index contributed by atoms with van der Waals surface area (Å²) in [7, 11) is 1.94. The summed E-state index contributed by atoms with van der Waals surface area (Å²) in [4.78, 5) is 17.1. The zero-order chi connectivity index (χ0) is 21.8. The van der Waals surface area contributed by atoms with Gasteiger partial charge < -0.3 is 14.4 Å². The SMILES string of the molecule is C[C@H](Cc1nncn1C)c1cccc(CC(=O)c2cc(O[C@@H]3CC[C@@H](O)C3)ccn2)c1. The van der Waals surface area contributed by atoms with E-state index in [2.05, 4.69) is 34.2 Å². The minimum Gasteiger partial charge on any atom is -0.490 e. The number of hydrogen-bond donors (Lipinski definition) is 1. The van der Waals surface area contributed by atoms with Crippen molar-refractivity contribution in [2.45, 2.75) is 57.2 Å². The van der Waals surface area contributed by atoms with Crippen molar-refractivity contribution in [3.63, 3.8) is 0 Å². The minimum atomic E-state index is -0.295. The van der Waals surface area contributed by atoms with Crippen molar-refractivity contribution in [1.29, 1.82) is 0 Å². The number of nitrogens with zero attached hydrogens (tertiary/aromatic N) is 4. The van der Waals surface area contributed by atoms with Crippen molar-refractivity contribution >= 4 is 5.78 Å². The number of hydrogen-bond acceptors (Lipinski definition) is 6. The Morgan fingerprint density at radius 3 is 2.90 bits per heavy atom. The predicted molar refractivity (Wildman–Crippen MR) is 116 cm³/mol. The van der Waals surface area contributed by atoms with Gasteiger partial charge in [0.1, 0.15) is 29.7 Å². The molecular weight excluding hydrogens is 392 g/mol. The normalized spacial score (nSPS) is 19.3. The van der Waals surface area contributed by atoms with Crippen molar-refractivity contribution in [2.75, 3.05) is 0 Å². The first kappa shape index (κ1) is 21.2. The molecule has 0 radical (unpaired) electrons. The van der Waals surface area contributed by atoms with Crippen LogP contribution in [0.1, 0.15) is 59.5 Å². The Kier molecular flexibility index (Phi) is 6.42. The molecule has 1 fully saturated rings. The number of ketones is 1. The first-order valence-electron chi connectivity index (χ1n) is 10.7. The summed E-state index contributed by atoms with van der Waals surface area (Å²) in [6, 6.07) is 11.6. The number of benzene rings is 1. The van der Waals surface area contributed by atoms with Crippen molar-refractivity contribution in [2.24, 2.45) is 7.05 Å². The zero-order valence-corrected chi connectivity index (χ0v) is 17.9. The van der Waals surface area contributed by atoms with Gasteiger partial charge in [0.25, 0.3) is 0 Å². The van der Waals surface area contributed by atoms with Crippen LogP contribution in [0.3, 0.4) is 0 Å². The standard InChI is InChI=1S/C24H28N4O3/c1-16(10-24-27-26-15-28(24)2)18-5-3-4-17(11-18)12-23(30)22-14-21(8-9-25-22)31-20-7-6-19(29)13-20/h3-5,8-9,11,14-16,19-20,29H,6-7,10,12-13H2,1-2H3/t16-,19-,20-/m1/s1. The molecule has 0 bridgehead atoms. The molecule has 1 aliphatic rings. The van der Waals surface area contributed by atoms with Crippen LogP contribution in [0.4, 0.5) is 0 Å². The largest absolute Gasteiger partial charge is 0.490 e. The molecule has 2 aromatic heterocycles. The van der Waals surface area contributed by atoms with Gasteiger partial charge in [0.15, 0.2) is 5.78 Å². The lowest BCUT2D eigenvalue weighted by Crippen LogP contribution is -2.14. The van der Waals surface area contributed by atoms with E-state index in [0.717, 1.165) is 36.2 Å². The van der Waals surface area contributed by atoms with E-state index in [0.29, 0.717) is 17.9 Å². The number of aliphatic hydroxyl groups is 1. The molecule has 162 valence electrons. The molecule has 2 heterocycles. The zero-order valence-electron chi connectivity index (χ0n) is 17.9. The topological polar surface area (TPSA) is 90.1 Å². The maximum absolute atomic E-state index is 12.9. The highest BCUT2D eigenvalue weighted by Crippen LogP contribution is 2.25. The van der Waals surface area contributed by atoms with Gasteiger partial charge in [-0.25, -0.2) is 0 Å². The Morgan fingerprint density at radius 1 is 1.29 bits per heavy atom. The number of rotatable bonds is 8. The van der Waals surface area contributed by atoms with Gasteiger partial charge in [-0.15, -0.1) is 10.2 Å². The first-order valence-corrected chi connectivity index (χ1v) is 10.7. The number of aliphatic hydroxyl groups excluding tert-OH is 1. The second kappa shape index (κ2) is 9.39. The summed E-state index contributed by atoms with van der Waals surface area (Å²) in [5.41, 5.74) is 2.52. The summed E-state index contributed by atoms with van der Waals surface area (Å²) < 4.78 is 7.86. The summed E-state index contributed by atoms with van der Waals surface area (Å²) in [5.74, 6) is 1.78. The monoisotopic (exact) mass is 420 g/mol. The molecule has 7 nitrogen and oxygen atoms in total. The fraction of sp³-hybridized carbons (Fsp3) is 0.417. The van der Waals surface area contributed by atoms with Gasteiger partial charge >= 0.3 is 0 Å². The number of aryl methyl sites for hydroxylation is 1. The highest BCUT2D eigenvalue weighted by molar-refractivity contribution is 5.96. The molecule has 0 amide bonds. The van der Waals surface area contributed by atoms with E-state index in [1.54, 1.807) is 24.7 Å². The smallest absolute Gasteiger partial charge is 0.185 e. The second-order valence-electron chi connectivity index (χ2n) is 8.39. The average molecular weight is 421 g/mol. The molecule has 31 heavy (non-hydrogen) atoms. The number of ether oxygens (including phenoxy) is 1. The van der Waals surface area contributed by atoms with Gasteiger partial charge in [-0.3, -0.25) is 9.78 Å². The maximum atomic E-state index is 12.9. The minimum absolute atomic E-state index is 0.00700. The second-order valence-corrected chi connectivity index (χ2v) is 8.39. The summed E-state index contributed by atoms with van der Waals surface area (Å²) in [5, 5.41) is 17.8. The third-order valence-corrected chi connectivity index (χ3v) is 5.86. The molecule has 1 N–H and O–H groups in total. The average Bonchev–Trinajstić information content (AvgIpc) is 3.36. The van der Waals surface area contributed by atoms with Gasteiger partial charge in [0.05, 0.1) is 6.10 Å². The van der Waals surface area contributed by atoms with E-state index < -0.39 is 0 Å². The molecule has 4 rings (SSSR count). The van der Waals surface area contributed by atoms with Gasteiger partial charge in [-0.2, -0.15) is 0 Å². The van der Waals surface area contributed by atoms with Crippen LogP contribution in [-0.4, -0.2) is 42.8 Å². The summed E-state index contributed by atoms with van der Waals surface area (Å²) in [6.07, 6.45) is 6.28. The van der Waals surface area contributed by atoms with Crippen LogP contribution in [0.2, 0.25) is 0 Å². The molecule has 1 aliphatic carbocycles. The van der Waals surface area contributed by atoms with Crippen molar-refractivity contribution < 1.29 is 14.6 Å². The molecule has 3 atom stereocenters. The molecule has 1 aromatic carbocycles. The number of carbonyl (C=O) groups is 1. The Hall–Kier alpha value is -3.06. The van der Waals surface area contributed by atoms with E-state index in [4.69, 9.17) is 4.74 Å². The number of pyridine rings is 1. The Labute approximate surface area is 182 Å². The molecule has 3 aromatic rings. The Balaban J connectivity index is 1.41. The van der Waals surface area contributed by atoms with Crippen LogP contribution >= 0.6 is 0 Å². The summed E-state index contributed by atoms with van der Waals surface area (Å²) >= 11 is 0. The maximum Gasteiger partial charge on any atom is 0.185 e. The van der Waals surface area contributed by atoms with Crippen LogP contribution in [0.25, 0.3) is 0 Å². The van der Waals surface area contributed by atoms with Crippen molar-refractivity contribution in [1.82, 2.24) is 19.7 Å². The summed E-state index contributed by atoms with van der Waals surface area (Å²) in [6.45, 7) is 2.15. The lowest BCUT2D eigenvalue weighted by Gasteiger charge is -2.14. The van der Waals surface area contributed by atoms with Crippen LogP contribution in [0.15, 0.2) is 48.9 Å². The van der Waals surface area contributed by atoms with E-state index in [1.807, 2.05) is 23.7 Å². The van der Waals surface area contributed by atoms with Gasteiger partial charge in [0.2, 0.25) is 0 Å². The first-order chi connectivity index (χ1) is 15.0. The molecule has 1 saturated carbocycles.